The highest BCUT2D eigenvalue weighted by atomic mass is 16.5. The lowest BCUT2D eigenvalue weighted by molar-refractivity contribution is -0.168. The minimum absolute atomic E-state index is 0.0594. The summed E-state index contributed by atoms with van der Waals surface area (Å²) in [6.45, 7) is 11.1. The third-order valence-electron chi connectivity index (χ3n) is 8.13. The summed E-state index contributed by atoms with van der Waals surface area (Å²) >= 11 is 0. The smallest absolute Gasteiger partial charge is 0.310 e. The van der Waals surface area contributed by atoms with Crippen molar-refractivity contribution in [3.63, 3.8) is 0 Å². The summed E-state index contributed by atoms with van der Waals surface area (Å²) < 4.78 is 6.18. The number of unbranched alkanes of at least 4 members (excludes halogenated alkanes) is 1. The van der Waals surface area contributed by atoms with Gasteiger partial charge in [0.15, 0.2) is 0 Å². The number of carbonyl (C=O) groups is 2. The molecule has 30 heavy (non-hydrogen) atoms. The van der Waals surface area contributed by atoms with Crippen molar-refractivity contribution in [3.8, 4) is 0 Å². The van der Waals surface area contributed by atoms with Gasteiger partial charge >= 0.3 is 11.9 Å². The molecule has 2 aliphatic rings. The van der Waals surface area contributed by atoms with Gasteiger partial charge < -0.3 is 9.84 Å². The fourth-order valence-electron chi connectivity index (χ4n) is 5.49. The van der Waals surface area contributed by atoms with Crippen molar-refractivity contribution in [2.75, 3.05) is 0 Å². The van der Waals surface area contributed by atoms with Crippen LogP contribution < -0.4 is 0 Å². The van der Waals surface area contributed by atoms with Gasteiger partial charge in [0.2, 0.25) is 0 Å². The Kier molecular flexibility index (Phi) is 10.2. The van der Waals surface area contributed by atoms with Crippen LogP contribution in [-0.4, -0.2) is 23.1 Å². The number of ether oxygens (including phenoxy) is 1. The van der Waals surface area contributed by atoms with Gasteiger partial charge in [0.25, 0.3) is 0 Å². The van der Waals surface area contributed by atoms with Crippen molar-refractivity contribution in [2.45, 2.75) is 111 Å². The maximum atomic E-state index is 13.1. The lowest BCUT2D eigenvalue weighted by Crippen LogP contribution is -2.40. The third-order valence-corrected chi connectivity index (χ3v) is 8.13. The average molecular weight is 423 g/mol. The normalized spacial score (nSPS) is 31.9. The van der Waals surface area contributed by atoms with Gasteiger partial charge in [0, 0.05) is 0 Å². The van der Waals surface area contributed by atoms with E-state index in [-0.39, 0.29) is 12.1 Å². The summed E-state index contributed by atoms with van der Waals surface area (Å²) in [5.41, 5.74) is 0. The van der Waals surface area contributed by atoms with Gasteiger partial charge in [-0.15, -0.1) is 0 Å². The maximum Gasteiger partial charge on any atom is 0.310 e. The number of hydrogen-bond donors (Lipinski definition) is 1. The van der Waals surface area contributed by atoms with Crippen molar-refractivity contribution < 1.29 is 19.4 Å². The molecule has 4 heteroatoms. The molecule has 1 N–H and O–H groups in total. The van der Waals surface area contributed by atoms with Crippen LogP contribution in [0.5, 0.6) is 0 Å². The van der Waals surface area contributed by atoms with E-state index in [1.807, 2.05) is 0 Å². The molecule has 0 heterocycles. The average Bonchev–Trinajstić information content (AvgIpc) is 2.71. The molecule has 0 amide bonds. The molecule has 4 nitrogen and oxygen atoms in total. The molecule has 2 fully saturated rings. The molecule has 0 aromatic carbocycles. The van der Waals surface area contributed by atoms with Gasteiger partial charge in [-0.3, -0.25) is 9.59 Å². The maximum absolute atomic E-state index is 13.1. The standard InChI is InChI=1S/C26H46O4/c1-6-7-8-20-10-12-21(13-11-20)24(16-19(5)17(2)3)30-26(29)22-14-9-18(4)15-23(22)25(27)28/h17-24H,6-16H2,1-5H3,(H,27,28). The zero-order valence-electron chi connectivity index (χ0n) is 20.1. The van der Waals surface area contributed by atoms with Gasteiger partial charge in [-0.05, 0) is 68.1 Å². The van der Waals surface area contributed by atoms with E-state index in [4.69, 9.17) is 4.74 Å². The summed E-state index contributed by atoms with van der Waals surface area (Å²) in [4.78, 5) is 24.9. The zero-order chi connectivity index (χ0) is 22.3. The predicted molar refractivity (Wildman–Crippen MR) is 121 cm³/mol. The molecule has 0 radical (unpaired) electrons. The minimum atomic E-state index is -0.841. The monoisotopic (exact) mass is 422 g/mol. The van der Waals surface area contributed by atoms with E-state index in [1.165, 1.54) is 32.1 Å². The van der Waals surface area contributed by atoms with Crippen LogP contribution in [-0.2, 0) is 14.3 Å². The second-order valence-corrected chi connectivity index (χ2v) is 10.8. The van der Waals surface area contributed by atoms with Crippen LogP contribution in [0.4, 0.5) is 0 Å². The van der Waals surface area contributed by atoms with E-state index in [2.05, 4.69) is 34.6 Å². The van der Waals surface area contributed by atoms with Crippen LogP contribution in [0.1, 0.15) is 105 Å². The highest BCUT2D eigenvalue weighted by molar-refractivity contribution is 5.81. The Morgan fingerprint density at radius 3 is 2.23 bits per heavy atom. The van der Waals surface area contributed by atoms with E-state index in [1.54, 1.807) is 0 Å². The second-order valence-electron chi connectivity index (χ2n) is 10.8. The Bertz CT molecular complexity index is 535. The Balaban J connectivity index is 2.04. The number of hydrogen-bond acceptors (Lipinski definition) is 3. The molecule has 5 atom stereocenters. The molecule has 2 saturated carbocycles. The fourth-order valence-corrected chi connectivity index (χ4v) is 5.49. The Morgan fingerprint density at radius 1 is 1.00 bits per heavy atom. The molecule has 2 aliphatic carbocycles. The van der Waals surface area contributed by atoms with Gasteiger partial charge in [-0.2, -0.15) is 0 Å². The Labute approximate surface area is 184 Å². The number of aliphatic carboxylic acids is 1. The summed E-state index contributed by atoms with van der Waals surface area (Å²) in [6, 6.07) is 0. The number of rotatable bonds is 10. The minimum Gasteiger partial charge on any atom is -0.481 e. The molecule has 2 rings (SSSR count). The first kappa shape index (κ1) is 25.2. The van der Waals surface area contributed by atoms with E-state index < -0.39 is 17.8 Å². The highest BCUT2D eigenvalue weighted by Gasteiger charge is 2.41. The Morgan fingerprint density at radius 2 is 1.67 bits per heavy atom. The molecule has 0 saturated heterocycles. The summed E-state index contributed by atoms with van der Waals surface area (Å²) in [5.74, 6) is 0.512. The number of carboxylic acid groups (broad SMARTS) is 1. The summed E-state index contributed by atoms with van der Waals surface area (Å²) in [5, 5.41) is 9.67. The van der Waals surface area contributed by atoms with Crippen molar-refractivity contribution in [1.29, 1.82) is 0 Å². The molecule has 0 spiro atoms. The molecule has 5 unspecified atom stereocenters. The summed E-state index contributed by atoms with van der Waals surface area (Å²) in [7, 11) is 0. The quantitative estimate of drug-likeness (QED) is 0.397. The van der Waals surface area contributed by atoms with Crippen molar-refractivity contribution in [3.05, 3.63) is 0 Å². The SMILES string of the molecule is CCCCC1CCC(C(CC(C)C(C)C)OC(=O)C2CCC(C)CC2C(=O)O)CC1. The van der Waals surface area contributed by atoms with Crippen LogP contribution in [0, 0.1) is 41.4 Å². The number of carbonyl (C=O) groups excluding carboxylic acids is 1. The van der Waals surface area contributed by atoms with E-state index in [0.717, 1.165) is 31.6 Å². The van der Waals surface area contributed by atoms with Gasteiger partial charge in [0.1, 0.15) is 6.10 Å². The largest absolute Gasteiger partial charge is 0.481 e. The molecular formula is C26H46O4. The lowest BCUT2D eigenvalue weighted by Gasteiger charge is -2.37. The van der Waals surface area contributed by atoms with E-state index in [9.17, 15) is 14.7 Å². The van der Waals surface area contributed by atoms with Crippen LogP contribution in [0.3, 0.4) is 0 Å². The molecule has 0 aromatic heterocycles. The molecule has 174 valence electrons. The van der Waals surface area contributed by atoms with Crippen molar-refractivity contribution in [2.24, 2.45) is 41.4 Å². The van der Waals surface area contributed by atoms with Crippen LogP contribution >= 0.6 is 0 Å². The second kappa shape index (κ2) is 12.1. The fraction of sp³-hybridized carbons (Fsp3) is 0.923. The number of carboxylic acids is 1. The summed E-state index contributed by atoms with van der Waals surface area (Å²) in [6.07, 6.45) is 11.7. The van der Waals surface area contributed by atoms with Gasteiger partial charge in [0.05, 0.1) is 11.8 Å². The first-order valence-electron chi connectivity index (χ1n) is 12.7. The van der Waals surface area contributed by atoms with Crippen molar-refractivity contribution >= 4 is 11.9 Å². The molecule has 0 aliphatic heterocycles. The molecule has 0 bridgehead atoms. The third kappa shape index (κ3) is 7.27. The molecular weight excluding hydrogens is 376 g/mol. The first-order valence-corrected chi connectivity index (χ1v) is 12.7. The van der Waals surface area contributed by atoms with Gasteiger partial charge in [-0.25, -0.2) is 0 Å². The zero-order valence-corrected chi connectivity index (χ0v) is 20.1. The van der Waals surface area contributed by atoms with Crippen LogP contribution in [0.15, 0.2) is 0 Å². The van der Waals surface area contributed by atoms with E-state index >= 15 is 0 Å². The van der Waals surface area contributed by atoms with Crippen LogP contribution in [0.25, 0.3) is 0 Å². The first-order chi connectivity index (χ1) is 14.2. The lowest BCUT2D eigenvalue weighted by atomic mass is 9.74. The highest BCUT2D eigenvalue weighted by Crippen LogP contribution is 2.39. The van der Waals surface area contributed by atoms with Crippen LogP contribution in [0.2, 0.25) is 0 Å². The van der Waals surface area contributed by atoms with E-state index in [0.29, 0.717) is 36.5 Å². The predicted octanol–water partition coefficient (Wildman–Crippen LogP) is 6.71. The Hall–Kier alpha value is -1.06. The topological polar surface area (TPSA) is 63.6 Å². The number of esters is 1. The van der Waals surface area contributed by atoms with Gasteiger partial charge in [-0.1, -0.05) is 66.7 Å². The molecule has 0 aromatic rings. The van der Waals surface area contributed by atoms with Crippen molar-refractivity contribution in [1.82, 2.24) is 0 Å².